The first-order valence-corrected chi connectivity index (χ1v) is 5.77. The molecule has 3 heteroatoms. The van der Waals surface area contributed by atoms with Crippen molar-refractivity contribution >= 4 is 21.6 Å². The molecule has 0 N–H and O–H groups in total. The number of imidazole rings is 1. The Morgan fingerprint density at radius 2 is 2.21 bits per heavy atom. The lowest BCUT2D eigenvalue weighted by atomic mass is 9.83. The lowest BCUT2D eigenvalue weighted by molar-refractivity contribution is 0.412. The van der Waals surface area contributed by atoms with Gasteiger partial charge in [-0.25, -0.2) is 4.98 Å². The van der Waals surface area contributed by atoms with E-state index in [1.165, 1.54) is 25.0 Å². The van der Waals surface area contributed by atoms with Gasteiger partial charge in [-0.3, -0.25) is 4.40 Å². The van der Waals surface area contributed by atoms with Crippen LogP contribution in [0.5, 0.6) is 0 Å². The molecule has 0 radical (unpaired) electrons. The zero-order valence-electron chi connectivity index (χ0n) is 7.78. The Morgan fingerprint density at radius 3 is 2.86 bits per heavy atom. The molecule has 3 rings (SSSR count). The van der Waals surface area contributed by atoms with Crippen LogP contribution in [0.3, 0.4) is 0 Å². The molecule has 72 valence electrons. The van der Waals surface area contributed by atoms with E-state index in [1.54, 1.807) is 0 Å². The van der Waals surface area contributed by atoms with E-state index in [0.717, 1.165) is 10.3 Å². The Bertz CT molecular complexity index is 471. The molecule has 2 nitrogen and oxygen atoms in total. The van der Waals surface area contributed by atoms with Crippen molar-refractivity contribution < 1.29 is 0 Å². The second-order valence-corrected chi connectivity index (χ2v) is 4.68. The topological polar surface area (TPSA) is 17.3 Å². The highest BCUT2D eigenvalue weighted by Crippen LogP contribution is 2.35. The Balaban J connectivity index is 2.15. The summed E-state index contributed by atoms with van der Waals surface area (Å²) in [7, 11) is 0. The number of fused-ring (bicyclic) bond motifs is 1. The van der Waals surface area contributed by atoms with Gasteiger partial charge in [0.2, 0.25) is 0 Å². The summed E-state index contributed by atoms with van der Waals surface area (Å²) in [4.78, 5) is 4.63. The standard InChI is InChI=1S/C11H11BrN2/c12-10-5-2-6-11-13-9(7-14(10)11)8-3-1-4-8/h2,5-8H,1,3-4H2. The highest BCUT2D eigenvalue weighted by Gasteiger charge is 2.22. The van der Waals surface area contributed by atoms with Gasteiger partial charge in [0, 0.05) is 12.1 Å². The third kappa shape index (κ3) is 1.19. The summed E-state index contributed by atoms with van der Waals surface area (Å²) in [5.74, 6) is 0.710. The Labute approximate surface area is 91.1 Å². The molecule has 0 bridgehead atoms. The van der Waals surface area contributed by atoms with Crippen LogP contribution in [0.4, 0.5) is 0 Å². The van der Waals surface area contributed by atoms with Gasteiger partial charge in [-0.15, -0.1) is 0 Å². The van der Waals surface area contributed by atoms with Gasteiger partial charge in [0.25, 0.3) is 0 Å². The minimum atomic E-state index is 0.710. The summed E-state index contributed by atoms with van der Waals surface area (Å²) in [6.45, 7) is 0. The maximum absolute atomic E-state index is 4.63. The van der Waals surface area contributed by atoms with Gasteiger partial charge < -0.3 is 0 Å². The zero-order chi connectivity index (χ0) is 9.54. The molecule has 0 aliphatic heterocycles. The van der Waals surface area contributed by atoms with Gasteiger partial charge in [0.1, 0.15) is 5.65 Å². The third-order valence-corrected chi connectivity index (χ3v) is 3.63. The average molecular weight is 251 g/mol. The average Bonchev–Trinajstić information content (AvgIpc) is 2.46. The normalized spacial score (nSPS) is 17.2. The van der Waals surface area contributed by atoms with Gasteiger partial charge in [-0.2, -0.15) is 0 Å². The lowest BCUT2D eigenvalue weighted by Gasteiger charge is -2.22. The largest absolute Gasteiger partial charge is 0.294 e. The van der Waals surface area contributed by atoms with E-state index >= 15 is 0 Å². The zero-order valence-corrected chi connectivity index (χ0v) is 9.37. The molecule has 0 aromatic carbocycles. The molecule has 0 spiro atoms. The maximum atomic E-state index is 4.63. The first kappa shape index (κ1) is 8.48. The smallest absolute Gasteiger partial charge is 0.137 e. The Hall–Kier alpha value is -0.830. The maximum Gasteiger partial charge on any atom is 0.137 e. The number of aromatic nitrogens is 2. The number of rotatable bonds is 1. The Morgan fingerprint density at radius 1 is 1.36 bits per heavy atom. The summed E-state index contributed by atoms with van der Waals surface area (Å²) >= 11 is 3.52. The van der Waals surface area contributed by atoms with E-state index < -0.39 is 0 Å². The van der Waals surface area contributed by atoms with Crippen LogP contribution < -0.4 is 0 Å². The molecule has 0 saturated heterocycles. The van der Waals surface area contributed by atoms with Gasteiger partial charge in [0.05, 0.1) is 10.3 Å². The van der Waals surface area contributed by atoms with Crippen molar-refractivity contribution in [2.45, 2.75) is 25.2 Å². The van der Waals surface area contributed by atoms with E-state index in [4.69, 9.17) is 0 Å². The molecule has 1 aliphatic carbocycles. The summed E-state index contributed by atoms with van der Waals surface area (Å²) in [5, 5.41) is 0. The van der Waals surface area contributed by atoms with Crippen molar-refractivity contribution in [2.24, 2.45) is 0 Å². The van der Waals surface area contributed by atoms with Crippen molar-refractivity contribution in [1.82, 2.24) is 9.38 Å². The van der Waals surface area contributed by atoms with Gasteiger partial charge >= 0.3 is 0 Å². The van der Waals surface area contributed by atoms with Crippen LogP contribution in [0.25, 0.3) is 5.65 Å². The number of hydrogen-bond acceptors (Lipinski definition) is 1. The predicted molar refractivity (Wildman–Crippen MR) is 59.5 cm³/mol. The quantitative estimate of drug-likeness (QED) is 0.710. The second kappa shape index (κ2) is 3.09. The molecule has 0 atom stereocenters. The first-order chi connectivity index (χ1) is 6.84. The van der Waals surface area contributed by atoms with Gasteiger partial charge in [-0.05, 0) is 40.9 Å². The molecule has 2 aromatic heterocycles. The predicted octanol–water partition coefficient (Wildman–Crippen LogP) is 3.36. The fourth-order valence-electron chi connectivity index (χ4n) is 1.90. The van der Waals surface area contributed by atoms with Crippen molar-refractivity contribution in [2.75, 3.05) is 0 Å². The molecular weight excluding hydrogens is 240 g/mol. The number of pyridine rings is 1. The summed E-state index contributed by atoms with van der Waals surface area (Å²) in [6.07, 6.45) is 6.13. The number of nitrogens with zero attached hydrogens (tertiary/aromatic N) is 2. The molecule has 0 amide bonds. The van der Waals surface area contributed by atoms with Crippen LogP contribution in [0.15, 0.2) is 29.0 Å². The fourth-order valence-corrected chi connectivity index (χ4v) is 2.33. The van der Waals surface area contributed by atoms with Crippen LogP contribution in [-0.2, 0) is 0 Å². The molecule has 1 saturated carbocycles. The lowest BCUT2D eigenvalue weighted by Crippen LogP contribution is -2.08. The molecule has 14 heavy (non-hydrogen) atoms. The second-order valence-electron chi connectivity index (χ2n) is 3.87. The van der Waals surface area contributed by atoms with Crippen LogP contribution >= 0.6 is 15.9 Å². The van der Waals surface area contributed by atoms with E-state index in [9.17, 15) is 0 Å². The third-order valence-electron chi connectivity index (χ3n) is 2.98. The van der Waals surface area contributed by atoms with Crippen molar-refractivity contribution in [3.63, 3.8) is 0 Å². The fraction of sp³-hybridized carbons (Fsp3) is 0.364. The molecule has 2 heterocycles. The van der Waals surface area contributed by atoms with Crippen molar-refractivity contribution in [3.05, 3.63) is 34.7 Å². The van der Waals surface area contributed by atoms with Crippen LogP contribution in [-0.4, -0.2) is 9.38 Å². The van der Waals surface area contributed by atoms with E-state index in [2.05, 4.69) is 31.5 Å². The minimum Gasteiger partial charge on any atom is -0.294 e. The molecule has 0 unspecified atom stereocenters. The van der Waals surface area contributed by atoms with E-state index in [1.807, 2.05) is 18.2 Å². The molecular formula is C11H11BrN2. The summed E-state index contributed by atoms with van der Waals surface area (Å²) in [5.41, 5.74) is 2.30. The van der Waals surface area contributed by atoms with E-state index in [-0.39, 0.29) is 0 Å². The van der Waals surface area contributed by atoms with E-state index in [0.29, 0.717) is 5.92 Å². The SMILES string of the molecule is Brc1cccc2nc(C3CCC3)cn12. The Kier molecular flexibility index (Phi) is 1.87. The van der Waals surface area contributed by atoms with Crippen molar-refractivity contribution in [1.29, 1.82) is 0 Å². The minimum absolute atomic E-state index is 0.710. The van der Waals surface area contributed by atoms with Crippen LogP contribution in [0.1, 0.15) is 30.9 Å². The molecule has 1 fully saturated rings. The van der Waals surface area contributed by atoms with Crippen LogP contribution in [0, 0.1) is 0 Å². The highest BCUT2D eigenvalue weighted by atomic mass is 79.9. The van der Waals surface area contributed by atoms with Crippen molar-refractivity contribution in [3.8, 4) is 0 Å². The number of hydrogen-bond donors (Lipinski definition) is 0. The first-order valence-electron chi connectivity index (χ1n) is 4.98. The monoisotopic (exact) mass is 250 g/mol. The van der Waals surface area contributed by atoms with Gasteiger partial charge in [-0.1, -0.05) is 12.5 Å². The summed E-state index contributed by atoms with van der Waals surface area (Å²) < 4.78 is 3.18. The summed E-state index contributed by atoms with van der Waals surface area (Å²) in [6, 6.07) is 6.11. The number of halogens is 1. The van der Waals surface area contributed by atoms with Gasteiger partial charge in [0.15, 0.2) is 0 Å². The molecule has 1 aliphatic rings. The van der Waals surface area contributed by atoms with Crippen LogP contribution in [0.2, 0.25) is 0 Å². The molecule has 2 aromatic rings. The highest BCUT2D eigenvalue weighted by molar-refractivity contribution is 9.10.